The van der Waals surface area contributed by atoms with E-state index in [2.05, 4.69) is 21.2 Å². The molecule has 0 spiro atoms. The summed E-state index contributed by atoms with van der Waals surface area (Å²) in [6.07, 6.45) is 2.60. The maximum absolute atomic E-state index is 12.7. The largest absolute Gasteiger partial charge is 0.452 e. The van der Waals surface area contributed by atoms with Crippen molar-refractivity contribution < 1.29 is 23.5 Å². The third-order valence-electron chi connectivity index (χ3n) is 4.07. The standard InChI is InChI=1S/C19H17BrN2O5/c1-19(2)18(25)21-13-5-3-4-6-14(13)22(19)16(23)11-26-17(24)10-8-12-7-9-15(20)27-12/h3-10H,11H2,1-2H3,(H,21,25). The van der Waals surface area contributed by atoms with Crippen molar-refractivity contribution in [2.24, 2.45) is 0 Å². The zero-order valence-electron chi connectivity index (χ0n) is 14.7. The minimum absolute atomic E-state index is 0.316. The van der Waals surface area contributed by atoms with Crippen molar-refractivity contribution in [2.75, 3.05) is 16.8 Å². The number of nitrogens with zero attached hydrogens (tertiary/aromatic N) is 1. The Kier molecular flexibility index (Phi) is 5.18. The lowest BCUT2D eigenvalue weighted by molar-refractivity contribution is -0.143. The van der Waals surface area contributed by atoms with Crippen molar-refractivity contribution in [3.8, 4) is 0 Å². The van der Waals surface area contributed by atoms with Crippen molar-refractivity contribution in [3.05, 3.63) is 52.9 Å². The van der Waals surface area contributed by atoms with Crippen molar-refractivity contribution >= 4 is 51.2 Å². The first-order chi connectivity index (χ1) is 12.8. The van der Waals surface area contributed by atoms with Crippen LogP contribution in [-0.4, -0.2) is 29.9 Å². The number of furan rings is 1. The van der Waals surface area contributed by atoms with Gasteiger partial charge in [-0.15, -0.1) is 0 Å². The number of ether oxygens (including phenoxy) is 1. The summed E-state index contributed by atoms with van der Waals surface area (Å²) in [6, 6.07) is 10.3. The number of nitrogens with one attached hydrogen (secondary N) is 1. The molecule has 2 amide bonds. The van der Waals surface area contributed by atoms with E-state index in [0.717, 1.165) is 0 Å². The van der Waals surface area contributed by atoms with Crippen LogP contribution in [0.4, 0.5) is 11.4 Å². The topological polar surface area (TPSA) is 88.9 Å². The Labute approximate surface area is 164 Å². The fraction of sp³-hybridized carbons (Fsp3) is 0.211. The highest BCUT2D eigenvalue weighted by Crippen LogP contribution is 2.36. The van der Waals surface area contributed by atoms with Crippen LogP contribution in [0.25, 0.3) is 6.08 Å². The van der Waals surface area contributed by atoms with Gasteiger partial charge in [-0.1, -0.05) is 12.1 Å². The van der Waals surface area contributed by atoms with Crippen LogP contribution in [0, 0.1) is 0 Å². The maximum atomic E-state index is 12.7. The highest BCUT2D eigenvalue weighted by molar-refractivity contribution is 9.10. The van der Waals surface area contributed by atoms with Crippen LogP contribution in [0.5, 0.6) is 0 Å². The molecule has 0 saturated heterocycles. The van der Waals surface area contributed by atoms with Crippen LogP contribution in [0.1, 0.15) is 19.6 Å². The van der Waals surface area contributed by atoms with E-state index < -0.39 is 24.0 Å². The molecule has 3 rings (SSSR count). The van der Waals surface area contributed by atoms with Gasteiger partial charge in [0.25, 0.3) is 5.91 Å². The molecule has 0 radical (unpaired) electrons. The second-order valence-electron chi connectivity index (χ2n) is 6.34. The number of anilines is 2. The van der Waals surface area contributed by atoms with Crippen LogP contribution < -0.4 is 10.2 Å². The van der Waals surface area contributed by atoms with Gasteiger partial charge in [0, 0.05) is 6.08 Å². The highest BCUT2D eigenvalue weighted by Gasteiger charge is 2.43. The molecule has 0 unspecified atom stereocenters. The van der Waals surface area contributed by atoms with Gasteiger partial charge in [0.05, 0.1) is 11.4 Å². The summed E-state index contributed by atoms with van der Waals surface area (Å²) in [5.41, 5.74) is -0.0300. The Morgan fingerprint density at radius 3 is 2.70 bits per heavy atom. The fourth-order valence-electron chi connectivity index (χ4n) is 2.71. The van der Waals surface area contributed by atoms with Gasteiger partial charge in [-0.3, -0.25) is 14.5 Å². The molecule has 1 aliphatic heterocycles. The number of carbonyl (C=O) groups is 3. The molecule has 27 heavy (non-hydrogen) atoms. The summed E-state index contributed by atoms with van der Waals surface area (Å²) >= 11 is 3.16. The summed E-state index contributed by atoms with van der Waals surface area (Å²) in [5, 5.41) is 2.77. The second kappa shape index (κ2) is 7.40. The molecule has 2 aromatic rings. The van der Waals surface area contributed by atoms with Crippen molar-refractivity contribution in [1.29, 1.82) is 0 Å². The Balaban J connectivity index is 1.70. The average molecular weight is 433 g/mol. The van der Waals surface area contributed by atoms with Crippen LogP contribution in [0.3, 0.4) is 0 Å². The van der Waals surface area contributed by atoms with E-state index in [-0.39, 0.29) is 5.91 Å². The molecular formula is C19H17BrN2O5. The summed E-state index contributed by atoms with van der Waals surface area (Å²) < 4.78 is 10.8. The lowest BCUT2D eigenvalue weighted by Crippen LogP contribution is -2.59. The summed E-state index contributed by atoms with van der Waals surface area (Å²) in [7, 11) is 0. The molecule has 0 saturated carbocycles. The van der Waals surface area contributed by atoms with Gasteiger partial charge in [0.1, 0.15) is 11.3 Å². The minimum atomic E-state index is -1.12. The molecule has 1 N–H and O–H groups in total. The number of fused-ring (bicyclic) bond motifs is 1. The Morgan fingerprint density at radius 1 is 1.26 bits per heavy atom. The number of para-hydroxylation sites is 2. The van der Waals surface area contributed by atoms with Gasteiger partial charge in [0.2, 0.25) is 5.91 Å². The molecule has 1 aliphatic rings. The van der Waals surface area contributed by atoms with E-state index in [1.807, 2.05) is 0 Å². The number of amides is 2. The first kappa shape index (κ1) is 18.9. The number of hydrogen-bond acceptors (Lipinski definition) is 5. The van der Waals surface area contributed by atoms with Gasteiger partial charge in [-0.2, -0.15) is 0 Å². The normalized spacial score (nSPS) is 15.4. The van der Waals surface area contributed by atoms with Gasteiger partial charge in [-0.05, 0) is 60.1 Å². The van der Waals surface area contributed by atoms with Gasteiger partial charge in [-0.25, -0.2) is 4.79 Å². The Morgan fingerprint density at radius 2 is 2.00 bits per heavy atom. The predicted molar refractivity (Wildman–Crippen MR) is 103 cm³/mol. The summed E-state index contributed by atoms with van der Waals surface area (Å²) in [6.45, 7) is 2.77. The van der Waals surface area contributed by atoms with Crippen molar-refractivity contribution in [1.82, 2.24) is 0 Å². The third-order valence-corrected chi connectivity index (χ3v) is 4.50. The maximum Gasteiger partial charge on any atom is 0.331 e. The zero-order chi connectivity index (χ0) is 19.6. The molecule has 140 valence electrons. The lowest BCUT2D eigenvalue weighted by atomic mass is 9.96. The minimum Gasteiger partial charge on any atom is -0.452 e. The molecule has 2 heterocycles. The molecule has 0 aliphatic carbocycles. The molecule has 8 heteroatoms. The van der Waals surface area contributed by atoms with Gasteiger partial charge >= 0.3 is 5.97 Å². The second-order valence-corrected chi connectivity index (χ2v) is 7.12. The van der Waals surface area contributed by atoms with E-state index in [9.17, 15) is 14.4 Å². The van der Waals surface area contributed by atoms with E-state index in [4.69, 9.17) is 9.15 Å². The number of hydrogen-bond donors (Lipinski definition) is 1. The lowest BCUT2D eigenvalue weighted by Gasteiger charge is -2.41. The average Bonchev–Trinajstić information content (AvgIpc) is 3.04. The fourth-order valence-corrected chi connectivity index (χ4v) is 3.03. The van der Waals surface area contributed by atoms with Crippen LogP contribution in [-0.2, 0) is 19.1 Å². The third kappa shape index (κ3) is 3.95. The monoisotopic (exact) mass is 432 g/mol. The molecule has 0 atom stereocenters. The molecule has 1 aromatic carbocycles. The first-order valence-corrected chi connectivity index (χ1v) is 8.92. The van der Waals surface area contributed by atoms with E-state index >= 15 is 0 Å². The summed E-state index contributed by atoms with van der Waals surface area (Å²) in [4.78, 5) is 38.3. The number of carbonyl (C=O) groups excluding carboxylic acids is 3. The molecule has 1 aromatic heterocycles. The highest BCUT2D eigenvalue weighted by atomic mass is 79.9. The van der Waals surface area contributed by atoms with Crippen LogP contribution in [0.15, 0.2) is 51.6 Å². The first-order valence-electron chi connectivity index (χ1n) is 8.13. The number of esters is 1. The quantitative estimate of drug-likeness (QED) is 0.590. The molecule has 0 fully saturated rings. The van der Waals surface area contributed by atoms with E-state index in [1.165, 1.54) is 17.1 Å². The zero-order valence-corrected chi connectivity index (χ0v) is 16.3. The van der Waals surface area contributed by atoms with E-state index in [1.54, 1.807) is 50.2 Å². The smallest absolute Gasteiger partial charge is 0.331 e. The van der Waals surface area contributed by atoms with Crippen molar-refractivity contribution in [3.63, 3.8) is 0 Å². The molecular weight excluding hydrogens is 416 g/mol. The van der Waals surface area contributed by atoms with Crippen molar-refractivity contribution in [2.45, 2.75) is 19.4 Å². The van der Waals surface area contributed by atoms with E-state index in [0.29, 0.717) is 21.8 Å². The molecule has 0 bridgehead atoms. The Bertz CT molecular complexity index is 932. The predicted octanol–water partition coefficient (Wildman–Crippen LogP) is 3.36. The molecule has 7 nitrogen and oxygen atoms in total. The number of halogens is 1. The van der Waals surface area contributed by atoms with Crippen LogP contribution >= 0.6 is 15.9 Å². The van der Waals surface area contributed by atoms with Gasteiger partial charge < -0.3 is 14.5 Å². The van der Waals surface area contributed by atoms with Crippen LogP contribution in [0.2, 0.25) is 0 Å². The SMILES string of the molecule is CC1(C)C(=O)Nc2ccccc2N1C(=O)COC(=O)C=Cc1ccc(Br)o1. The number of benzene rings is 1. The summed E-state index contributed by atoms with van der Waals surface area (Å²) in [5.74, 6) is -1.04. The Hall–Kier alpha value is -2.87. The number of rotatable bonds is 4. The van der Waals surface area contributed by atoms with Gasteiger partial charge in [0.15, 0.2) is 11.3 Å².